The van der Waals surface area contributed by atoms with Crippen molar-refractivity contribution in [3.05, 3.63) is 29.8 Å². The lowest BCUT2D eigenvalue weighted by molar-refractivity contribution is -0.157. The molecule has 0 bridgehead atoms. The van der Waals surface area contributed by atoms with Crippen LogP contribution in [0.1, 0.15) is 26.2 Å². The number of anilines is 1. The molecule has 0 atom stereocenters. The molecule has 0 N–H and O–H groups in total. The molecule has 1 aromatic carbocycles. The molecule has 1 aliphatic carbocycles. The Morgan fingerprint density at radius 1 is 1.24 bits per heavy atom. The molecule has 0 aromatic heterocycles. The Hall–Kier alpha value is -2.18. The fourth-order valence-corrected chi connectivity index (χ4v) is 4.10. The van der Waals surface area contributed by atoms with Crippen LogP contribution in [0.25, 0.3) is 0 Å². The van der Waals surface area contributed by atoms with Crippen LogP contribution in [0, 0.1) is 17.6 Å². The number of oxime groups is 1. The number of carbonyl (C=O) groups excluding carboxylic acids is 1. The van der Waals surface area contributed by atoms with Gasteiger partial charge in [0, 0.05) is 57.4 Å². The van der Waals surface area contributed by atoms with Crippen LogP contribution in [0.15, 0.2) is 23.4 Å². The van der Waals surface area contributed by atoms with E-state index in [0.717, 1.165) is 31.0 Å². The third kappa shape index (κ3) is 2.96. The Bertz CT molecular complexity index is 723. The molecule has 3 aliphatic rings. The van der Waals surface area contributed by atoms with E-state index in [0.29, 0.717) is 31.9 Å². The van der Waals surface area contributed by atoms with Gasteiger partial charge in [0.25, 0.3) is 0 Å². The number of amides is 1. The molecule has 1 saturated heterocycles. The maximum Gasteiger partial charge on any atom is 0.226 e. The Morgan fingerprint density at radius 3 is 2.56 bits per heavy atom. The smallest absolute Gasteiger partial charge is 0.226 e. The lowest BCUT2D eigenvalue weighted by atomic mass is 9.68. The van der Waals surface area contributed by atoms with Crippen molar-refractivity contribution >= 4 is 17.3 Å². The highest BCUT2D eigenvalue weighted by Gasteiger charge is 2.53. The minimum atomic E-state index is -0.581. The van der Waals surface area contributed by atoms with Crippen LogP contribution in [0.2, 0.25) is 0 Å². The number of piperazine rings is 1. The first kappa shape index (κ1) is 16.3. The molecule has 7 heteroatoms. The average molecular weight is 349 g/mol. The van der Waals surface area contributed by atoms with Crippen LogP contribution >= 0.6 is 0 Å². The van der Waals surface area contributed by atoms with Crippen LogP contribution in [-0.2, 0) is 9.63 Å². The number of nitrogens with zero attached hydrogens (tertiary/aromatic N) is 3. The Morgan fingerprint density at radius 2 is 1.96 bits per heavy atom. The van der Waals surface area contributed by atoms with E-state index in [1.165, 1.54) is 12.1 Å². The topological polar surface area (TPSA) is 45.1 Å². The molecule has 2 aliphatic heterocycles. The van der Waals surface area contributed by atoms with E-state index in [1.54, 1.807) is 0 Å². The van der Waals surface area contributed by atoms with Crippen molar-refractivity contribution in [2.45, 2.75) is 31.8 Å². The standard InChI is InChI=1S/C18H21F2N3O2/c1-12-9-18(25-21-12)10-13(11-18)17(24)23-6-4-22(5-7-23)16-3-2-14(19)8-15(16)20/h2-3,8,13H,4-7,9-11H2,1H3. The van der Waals surface area contributed by atoms with Crippen molar-refractivity contribution in [2.24, 2.45) is 11.1 Å². The first-order valence-corrected chi connectivity index (χ1v) is 8.66. The van der Waals surface area contributed by atoms with Crippen LogP contribution in [0.4, 0.5) is 14.5 Å². The van der Waals surface area contributed by atoms with Gasteiger partial charge in [-0.25, -0.2) is 8.78 Å². The fourth-order valence-electron chi connectivity index (χ4n) is 4.10. The zero-order chi connectivity index (χ0) is 17.6. The number of hydrogen-bond acceptors (Lipinski definition) is 4. The molecule has 4 rings (SSSR count). The second kappa shape index (κ2) is 5.97. The quantitative estimate of drug-likeness (QED) is 0.824. The number of halogens is 2. The Balaban J connectivity index is 1.31. The number of benzene rings is 1. The van der Waals surface area contributed by atoms with Gasteiger partial charge in [-0.1, -0.05) is 5.16 Å². The predicted molar refractivity (Wildman–Crippen MR) is 89.4 cm³/mol. The van der Waals surface area contributed by atoms with Gasteiger partial charge in [-0.05, 0) is 19.1 Å². The zero-order valence-corrected chi connectivity index (χ0v) is 14.2. The highest BCUT2D eigenvalue weighted by atomic mass is 19.1. The lowest BCUT2D eigenvalue weighted by Gasteiger charge is -2.45. The van der Waals surface area contributed by atoms with Crippen molar-refractivity contribution < 1.29 is 18.4 Å². The van der Waals surface area contributed by atoms with E-state index < -0.39 is 11.6 Å². The van der Waals surface area contributed by atoms with Crippen LogP contribution in [0.3, 0.4) is 0 Å². The third-order valence-corrected chi connectivity index (χ3v) is 5.40. The van der Waals surface area contributed by atoms with Crippen molar-refractivity contribution in [1.82, 2.24) is 4.90 Å². The molecule has 1 saturated carbocycles. The van der Waals surface area contributed by atoms with E-state index in [-0.39, 0.29) is 17.4 Å². The van der Waals surface area contributed by atoms with Gasteiger partial charge in [0.2, 0.25) is 5.91 Å². The first-order valence-electron chi connectivity index (χ1n) is 8.66. The predicted octanol–water partition coefficient (Wildman–Crippen LogP) is 2.56. The van der Waals surface area contributed by atoms with Gasteiger partial charge in [-0.15, -0.1) is 0 Å². The summed E-state index contributed by atoms with van der Waals surface area (Å²) in [7, 11) is 0. The Labute approximate surface area is 145 Å². The van der Waals surface area contributed by atoms with Gasteiger partial charge in [0.15, 0.2) is 0 Å². The summed E-state index contributed by atoms with van der Waals surface area (Å²) >= 11 is 0. The van der Waals surface area contributed by atoms with Gasteiger partial charge in [-0.2, -0.15) is 0 Å². The van der Waals surface area contributed by atoms with E-state index >= 15 is 0 Å². The summed E-state index contributed by atoms with van der Waals surface area (Å²) < 4.78 is 26.9. The summed E-state index contributed by atoms with van der Waals surface area (Å²) in [5.41, 5.74) is 1.13. The molecule has 134 valence electrons. The molecule has 0 radical (unpaired) electrons. The molecule has 0 unspecified atom stereocenters. The normalized spacial score (nSPS) is 28.6. The van der Waals surface area contributed by atoms with Crippen LogP contribution in [0.5, 0.6) is 0 Å². The summed E-state index contributed by atoms with van der Waals surface area (Å²) in [6.07, 6.45) is 2.26. The monoisotopic (exact) mass is 349 g/mol. The molecule has 1 amide bonds. The summed E-state index contributed by atoms with van der Waals surface area (Å²) in [6.45, 7) is 4.14. The molecule has 2 heterocycles. The largest absolute Gasteiger partial charge is 0.389 e. The molecular formula is C18H21F2N3O2. The van der Waals surface area contributed by atoms with Crippen molar-refractivity contribution in [3.8, 4) is 0 Å². The maximum absolute atomic E-state index is 13.9. The van der Waals surface area contributed by atoms with Crippen molar-refractivity contribution in [2.75, 3.05) is 31.1 Å². The third-order valence-electron chi connectivity index (χ3n) is 5.40. The van der Waals surface area contributed by atoms with Gasteiger partial charge in [-0.3, -0.25) is 4.79 Å². The minimum absolute atomic E-state index is 0.00444. The highest BCUT2D eigenvalue weighted by molar-refractivity contribution is 5.85. The molecule has 5 nitrogen and oxygen atoms in total. The van der Waals surface area contributed by atoms with Crippen molar-refractivity contribution in [3.63, 3.8) is 0 Å². The molecular weight excluding hydrogens is 328 g/mol. The average Bonchev–Trinajstić information content (AvgIpc) is 2.95. The van der Waals surface area contributed by atoms with Gasteiger partial charge in [0.1, 0.15) is 17.2 Å². The highest BCUT2D eigenvalue weighted by Crippen LogP contribution is 2.47. The van der Waals surface area contributed by atoms with Gasteiger partial charge >= 0.3 is 0 Å². The van der Waals surface area contributed by atoms with Crippen molar-refractivity contribution in [1.29, 1.82) is 0 Å². The Kier molecular flexibility index (Phi) is 3.89. The van der Waals surface area contributed by atoms with Gasteiger partial charge < -0.3 is 14.6 Å². The minimum Gasteiger partial charge on any atom is -0.389 e. The van der Waals surface area contributed by atoms with E-state index in [2.05, 4.69) is 5.16 Å². The second-order valence-corrected chi connectivity index (χ2v) is 7.29. The van der Waals surface area contributed by atoms with Gasteiger partial charge in [0.05, 0.1) is 11.4 Å². The zero-order valence-electron chi connectivity index (χ0n) is 14.2. The molecule has 1 spiro atoms. The number of hydrogen-bond donors (Lipinski definition) is 0. The first-order chi connectivity index (χ1) is 12.0. The molecule has 25 heavy (non-hydrogen) atoms. The summed E-state index contributed by atoms with van der Waals surface area (Å²) in [4.78, 5) is 21.8. The second-order valence-electron chi connectivity index (χ2n) is 7.29. The molecule has 1 aromatic rings. The fraction of sp³-hybridized carbons (Fsp3) is 0.556. The van der Waals surface area contributed by atoms with E-state index in [4.69, 9.17) is 4.84 Å². The summed E-state index contributed by atoms with van der Waals surface area (Å²) in [5.74, 6) is -0.995. The van der Waals surface area contributed by atoms with Crippen LogP contribution in [-0.4, -0.2) is 48.3 Å². The number of rotatable bonds is 2. The molecule has 2 fully saturated rings. The van der Waals surface area contributed by atoms with E-state index in [1.807, 2.05) is 16.7 Å². The van der Waals surface area contributed by atoms with Crippen LogP contribution < -0.4 is 4.90 Å². The SMILES string of the molecule is CC1=NOC2(C1)CC(C(=O)N1CCN(c3ccc(F)cc3F)CC1)C2. The summed E-state index contributed by atoms with van der Waals surface area (Å²) in [5, 5.41) is 4.00. The summed E-state index contributed by atoms with van der Waals surface area (Å²) in [6, 6.07) is 3.61. The lowest BCUT2D eigenvalue weighted by Crippen LogP contribution is -2.55. The van der Waals surface area contributed by atoms with E-state index in [9.17, 15) is 13.6 Å². The maximum atomic E-state index is 13.9. The number of carbonyl (C=O) groups is 1.